The van der Waals surface area contributed by atoms with Crippen molar-refractivity contribution >= 4 is 26.9 Å². The Morgan fingerprint density at radius 3 is 2.61 bits per heavy atom. The number of hydrogen-bond donors (Lipinski definition) is 0. The van der Waals surface area contributed by atoms with Crippen LogP contribution in [-0.2, 0) is 6.42 Å². The predicted octanol–water partition coefficient (Wildman–Crippen LogP) is 5.48. The lowest BCUT2D eigenvalue weighted by atomic mass is 9.89. The molecule has 1 atom stereocenters. The third kappa shape index (κ3) is 3.17. The van der Waals surface area contributed by atoms with Gasteiger partial charge in [-0.2, -0.15) is 0 Å². The van der Waals surface area contributed by atoms with Crippen molar-refractivity contribution in [3.63, 3.8) is 0 Å². The van der Waals surface area contributed by atoms with E-state index in [9.17, 15) is 0 Å². The molecule has 1 aromatic heterocycles. The summed E-state index contributed by atoms with van der Waals surface area (Å²) in [7, 11) is 0. The number of halogens is 1. The van der Waals surface area contributed by atoms with Crippen LogP contribution in [0.3, 0.4) is 0 Å². The molecule has 0 radical (unpaired) electrons. The molecule has 1 aromatic carbocycles. The Bertz CT molecular complexity index is 534. The van der Waals surface area contributed by atoms with Crippen LogP contribution in [0.25, 0.3) is 11.0 Å². The Hall–Kier alpha value is -0.760. The molecular formula is C16H21BrO. The molecule has 0 aliphatic carbocycles. The van der Waals surface area contributed by atoms with E-state index in [2.05, 4.69) is 67.9 Å². The molecule has 2 aromatic rings. The second-order valence-corrected chi connectivity index (χ2v) is 7.23. The molecule has 18 heavy (non-hydrogen) atoms. The Kier molecular flexibility index (Phi) is 3.86. The number of rotatable bonds is 3. The summed E-state index contributed by atoms with van der Waals surface area (Å²) in [6, 6.07) is 8.50. The minimum atomic E-state index is 0.294. The summed E-state index contributed by atoms with van der Waals surface area (Å²) in [5.74, 6) is 1.09. The van der Waals surface area contributed by atoms with Gasteiger partial charge in [0, 0.05) is 16.6 Å². The molecule has 0 saturated carbocycles. The van der Waals surface area contributed by atoms with Crippen LogP contribution in [0.2, 0.25) is 0 Å². The highest BCUT2D eigenvalue weighted by Gasteiger charge is 2.21. The van der Waals surface area contributed by atoms with Crippen LogP contribution >= 0.6 is 15.9 Å². The number of hydrogen-bond acceptors (Lipinski definition) is 1. The molecular weight excluding hydrogens is 288 g/mol. The zero-order valence-electron chi connectivity index (χ0n) is 11.6. The third-order valence-corrected chi connectivity index (χ3v) is 5.14. The fourth-order valence-corrected chi connectivity index (χ4v) is 2.27. The van der Waals surface area contributed by atoms with E-state index in [0.717, 1.165) is 24.2 Å². The van der Waals surface area contributed by atoms with Gasteiger partial charge in [0.2, 0.25) is 0 Å². The van der Waals surface area contributed by atoms with Gasteiger partial charge < -0.3 is 4.42 Å². The Morgan fingerprint density at radius 1 is 1.22 bits per heavy atom. The highest BCUT2D eigenvalue weighted by atomic mass is 79.9. The normalized spacial score (nSPS) is 14.1. The second kappa shape index (κ2) is 5.08. The first kappa shape index (κ1) is 13.7. The minimum Gasteiger partial charge on any atom is -0.461 e. The van der Waals surface area contributed by atoms with Crippen molar-refractivity contribution in [3.05, 3.63) is 35.6 Å². The summed E-state index contributed by atoms with van der Waals surface area (Å²) in [6.07, 6.45) is 2.09. The lowest BCUT2D eigenvalue weighted by molar-refractivity contribution is 0.379. The van der Waals surface area contributed by atoms with Gasteiger partial charge in [-0.15, -0.1) is 0 Å². The molecule has 0 bridgehead atoms. The van der Waals surface area contributed by atoms with Crippen LogP contribution in [0.1, 0.15) is 38.5 Å². The van der Waals surface area contributed by atoms with Crippen LogP contribution < -0.4 is 0 Å². The number of alkyl halides is 1. The summed E-state index contributed by atoms with van der Waals surface area (Å²) in [5, 5.41) is 1.21. The van der Waals surface area contributed by atoms with Crippen LogP contribution in [0.15, 0.2) is 28.7 Å². The minimum absolute atomic E-state index is 0.294. The molecule has 98 valence electrons. The molecule has 2 heteroatoms. The predicted molar refractivity (Wildman–Crippen MR) is 81.4 cm³/mol. The average molecular weight is 309 g/mol. The van der Waals surface area contributed by atoms with E-state index in [1.165, 1.54) is 10.9 Å². The molecule has 1 nitrogen and oxygen atoms in total. The van der Waals surface area contributed by atoms with Crippen molar-refractivity contribution in [2.45, 2.75) is 45.4 Å². The fourth-order valence-electron chi connectivity index (χ4n) is 2.04. The maximum atomic E-state index is 5.87. The van der Waals surface area contributed by atoms with Gasteiger partial charge in [0.15, 0.2) is 0 Å². The highest BCUT2D eigenvalue weighted by Crippen LogP contribution is 2.30. The first-order chi connectivity index (χ1) is 8.36. The zero-order chi connectivity index (χ0) is 13.3. The van der Waals surface area contributed by atoms with E-state index in [1.807, 2.05) is 0 Å². The topological polar surface area (TPSA) is 13.1 Å². The summed E-state index contributed by atoms with van der Waals surface area (Å²) in [4.78, 5) is 0.514. The quantitative estimate of drug-likeness (QED) is 0.684. The molecule has 0 aliphatic rings. The SMILES string of the molecule is Cc1ccc2oc(CCC(Br)C(C)(C)C)cc2c1. The molecule has 0 fully saturated rings. The molecule has 0 aliphatic heterocycles. The summed E-state index contributed by atoms with van der Waals surface area (Å²) in [6.45, 7) is 8.89. The third-order valence-electron chi connectivity index (χ3n) is 3.31. The molecule has 1 unspecified atom stereocenters. The van der Waals surface area contributed by atoms with Gasteiger partial charge in [-0.05, 0) is 37.0 Å². The van der Waals surface area contributed by atoms with Gasteiger partial charge in [-0.25, -0.2) is 0 Å². The van der Waals surface area contributed by atoms with E-state index in [0.29, 0.717) is 10.2 Å². The van der Waals surface area contributed by atoms with Gasteiger partial charge in [0.1, 0.15) is 11.3 Å². The Morgan fingerprint density at radius 2 is 1.94 bits per heavy atom. The molecule has 0 spiro atoms. The zero-order valence-corrected chi connectivity index (χ0v) is 13.2. The Balaban J connectivity index is 2.09. The monoisotopic (exact) mass is 308 g/mol. The van der Waals surface area contributed by atoms with Gasteiger partial charge in [-0.1, -0.05) is 48.3 Å². The molecule has 1 heterocycles. The van der Waals surface area contributed by atoms with Gasteiger partial charge in [-0.3, -0.25) is 0 Å². The van der Waals surface area contributed by atoms with E-state index in [4.69, 9.17) is 4.42 Å². The van der Waals surface area contributed by atoms with E-state index >= 15 is 0 Å². The van der Waals surface area contributed by atoms with Crippen molar-refractivity contribution < 1.29 is 4.42 Å². The first-order valence-corrected chi connectivity index (χ1v) is 7.41. The lowest BCUT2D eigenvalue weighted by Crippen LogP contribution is -2.20. The Labute approximate surface area is 118 Å². The number of fused-ring (bicyclic) bond motifs is 1. The average Bonchev–Trinajstić information content (AvgIpc) is 2.66. The van der Waals surface area contributed by atoms with E-state index < -0.39 is 0 Å². The lowest BCUT2D eigenvalue weighted by Gasteiger charge is -2.25. The van der Waals surface area contributed by atoms with Crippen LogP contribution in [0.4, 0.5) is 0 Å². The van der Waals surface area contributed by atoms with Crippen molar-refractivity contribution in [1.82, 2.24) is 0 Å². The smallest absolute Gasteiger partial charge is 0.134 e. The van der Waals surface area contributed by atoms with Crippen molar-refractivity contribution in [3.8, 4) is 0 Å². The van der Waals surface area contributed by atoms with Crippen molar-refractivity contribution in [2.75, 3.05) is 0 Å². The van der Waals surface area contributed by atoms with Gasteiger partial charge in [0.25, 0.3) is 0 Å². The number of benzene rings is 1. The summed E-state index contributed by atoms with van der Waals surface area (Å²) < 4.78 is 5.87. The maximum Gasteiger partial charge on any atom is 0.134 e. The molecule has 0 saturated heterocycles. The first-order valence-electron chi connectivity index (χ1n) is 6.49. The standard InChI is InChI=1S/C16H21BrO/c1-11-5-7-14-12(9-11)10-13(18-14)6-8-15(17)16(2,3)4/h5,7,9-10,15H,6,8H2,1-4H3. The number of aryl methyl sites for hydroxylation is 2. The number of furan rings is 1. The highest BCUT2D eigenvalue weighted by molar-refractivity contribution is 9.09. The van der Waals surface area contributed by atoms with E-state index in [-0.39, 0.29) is 0 Å². The summed E-state index contributed by atoms with van der Waals surface area (Å²) >= 11 is 3.77. The molecule has 0 amide bonds. The largest absolute Gasteiger partial charge is 0.461 e. The van der Waals surface area contributed by atoms with Crippen LogP contribution in [-0.4, -0.2) is 4.83 Å². The summed E-state index contributed by atoms with van der Waals surface area (Å²) in [5.41, 5.74) is 2.57. The van der Waals surface area contributed by atoms with Crippen LogP contribution in [0, 0.1) is 12.3 Å². The van der Waals surface area contributed by atoms with Crippen molar-refractivity contribution in [1.29, 1.82) is 0 Å². The van der Waals surface area contributed by atoms with E-state index in [1.54, 1.807) is 0 Å². The molecule has 2 rings (SSSR count). The molecule has 0 N–H and O–H groups in total. The second-order valence-electron chi connectivity index (χ2n) is 6.13. The van der Waals surface area contributed by atoms with Crippen LogP contribution in [0.5, 0.6) is 0 Å². The van der Waals surface area contributed by atoms with Gasteiger partial charge >= 0.3 is 0 Å². The van der Waals surface area contributed by atoms with Gasteiger partial charge in [0.05, 0.1) is 0 Å². The maximum absolute atomic E-state index is 5.87. The fraction of sp³-hybridized carbons (Fsp3) is 0.500. The van der Waals surface area contributed by atoms with Crippen molar-refractivity contribution in [2.24, 2.45) is 5.41 Å².